The zero-order valence-electron chi connectivity index (χ0n) is 35.5. The van der Waals surface area contributed by atoms with Gasteiger partial charge in [-0.3, -0.25) is 4.79 Å². The smallest absolute Gasteiger partial charge is 0.407 e. The number of amides is 1. The number of hydrogen-bond donors (Lipinski definition) is 1. The largest absolute Gasteiger partial charge is 0.463 e. The highest BCUT2D eigenvalue weighted by atomic mass is 16.6. The summed E-state index contributed by atoms with van der Waals surface area (Å²) in [5.41, 5.74) is 4.80. The quantitative estimate of drug-likeness (QED) is 0.0588. The second-order valence-electron chi connectivity index (χ2n) is 13.9. The van der Waals surface area contributed by atoms with Crippen LogP contribution in [0.5, 0.6) is 0 Å². The third-order valence-corrected chi connectivity index (χ3v) is 9.28. The SMILES string of the molecule is CCCCCCCCC(=O)OCCOCCOCCOCCOCCOCCOCCOCCOCCOCCCNC(=O)OCC1c2ccccc2-c2ccccc21. The van der Waals surface area contributed by atoms with Crippen LogP contribution in [0.1, 0.15) is 75.3 Å². The Labute approximate surface area is 352 Å². The Hall–Kier alpha value is -3.18. The fraction of sp³-hybridized carbons (Fsp3) is 0.689. The first-order valence-electron chi connectivity index (χ1n) is 21.6. The maximum absolute atomic E-state index is 12.3. The van der Waals surface area contributed by atoms with E-state index in [0.29, 0.717) is 145 Å². The van der Waals surface area contributed by atoms with E-state index < -0.39 is 6.09 Å². The van der Waals surface area contributed by atoms with E-state index in [-0.39, 0.29) is 18.5 Å². The Kier molecular flexibility index (Phi) is 30.2. The molecule has 1 N–H and O–H groups in total. The maximum atomic E-state index is 12.3. The van der Waals surface area contributed by atoms with Gasteiger partial charge in [0.25, 0.3) is 0 Å². The van der Waals surface area contributed by atoms with Gasteiger partial charge in [-0.2, -0.15) is 0 Å². The van der Waals surface area contributed by atoms with E-state index >= 15 is 0 Å². The zero-order valence-corrected chi connectivity index (χ0v) is 35.5. The molecular formula is C45H71NO13. The molecule has 0 aliphatic heterocycles. The van der Waals surface area contributed by atoms with Crippen molar-refractivity contribution in [2.24, 2.45) is 0 Å². The van der Waals surface area contributed by atoms with Gasteiger partial charge in [0, 0.05) is 25.5 Å². The lowest BCUT2D eigenvalue weighted by Crippen LogP contribution is -2.27. The third kappa shape index (κ3) is 24.6. The first kappa shape index (κ1) is 50.2. The first-order valence-corrected chi connectivity index (χ1v) is 21.6. The molecule has 0 fully saturated rings. The molecule has 1 aliphatic rings. The van der Waals surface area contributed by atoms with Crippen molar-refractivity contribution in [1.29, 1.82) is 0 Å². The molecule has 0 spiro atoms. The van der Waals surface area contributed by atoms with Gasteiger partial charge in [0.2, 0.25) is 0 Å². The van der Waals surface area contributed by atoms with Crippen LogP contribution in [0.3, 0.4) is 0 Å². The number of fused-ring (bicyclic) bond motifs is 3. The molecule has 3 rings (SSSR count). The van der Waals surface area contributed by atoms with Gasteiger partial charge in [0.05, 0.1) is 112 Å². The minimum Gasteiger partial charge on any atom is -0.463 e. The Bertz CT molecular complexity index is 1290. The molecule has 1 aliphatic carbocycles. The van der Waals surface area contributed by atoms with Crippen LogP contribution in [0, 0.1) is 0 Å². The highest BCUT2D eigenvalue weighted by Crippen LogP contribution is 2.44. The van der Waals surface area contributed by atoms with E-state index in [4.69, 9.17) is 52.1 Å². The zero-order chi connectivity index (χ0) is 41.7. The average molecular weight is 834 g/mol. The van der Waals surface area contributed by atoms with E-state index in [1.165, 1.54) is 47.9 Å². The van der Waals surface area contributed by atoms with Gasteiger partial charge in [-0.25, -0.2) is 4.79 Å². The summed E-state index contributed by atoms with van der Waals surface area (Å²) in [5.74, 6) is -0.100. The summed E-state index contributed by atoms with van der Waals surface area (Å²) in [6.45, 7) is 11.8. The molecule has 0 unspecified atom stereocenters. The van der Waals surface area contributed by atoms with Crippen molar-refractivity contribution in [2.45, 2.75) is 64.2 Å². The molecule has 2 aromatic carbocycles. The summed E-state index contributed by atoms with van der Waals surface area (Å²) in [4.78, 5) is 24.0. The van der Waals surface area contributed by atoms with Crippen molar-refractivity contribution in [2.75, 3.05) is 139 Å². The molecule has 0 radical (unpaired) electrons. The molecule has 1 amide bonds. The number of esters is 1. The molecule has 0 aromatic heterocycles. The molecule has 14 nitrogen and oxygen atoms in total. The van der Waals surface area contributed by atoms with Crippen molar-refractivity contribution in [1.82, 2.24) is 5.32 Å². The predicted octanol–water partition coefficient (Wildman–Crippen LogP) is 6.36. The highest BCUT2D eigenvalue weighted by Gasteiger charge is 2.29. The van der Waals surface area contributed by atoms with Crippen molar-refractivity contribution in [3.8, 4) is 11.1 Å². The van der Waals surface area contributed by atoms with Gasteiger partial charge >= 0.3 is 12.1 Å². The van der Waals surface area contributed by atoms with Crippen LogP contribution >= 0.6 is 0 Å². The number of nitrogens with one attached hydrogen (secondary N) is 1. The molecule has 2 aromatic rings. The van der Waals surface area contributed by atoms with E-state index in [0.717, 1.165) is 12.8 Å². The topological polar surface area (TPSA) is 148 Å². The molecular weight excluding hydrogens is 762 g/mol. The molecule has 0 bridgehead atoms. The van der Waals surface area contributed by atoms with Gasteiger partial charge in [-0.1, -0.05) is 87.6 Å². The number of rotatable bonds is 40. The number of alkyl carbamates (subject to hydrolysis) is 1. The molecule has 0 heterocycles. The highest BCUT2D eigenvalue weighted by molar-refractivity contribution is 5.79. The summed E-state index contributed by atoms with van der Waals surface area (Å²) >= 11 is 0. The second kappa shape index (κ2) is 35.6. The fourth-order valence-electron chi connectivity index (χ4n) is 6.21. The van der Waals surface area contributed by atoms with Crippen molar-refractivity contribution >= 4 is 12.1 Å². The van der Waals surface area contributed by atoms with Gasteiger partial charge in [-0.15, -0.1) is 0 Å². The van der Waals surface area contributed by atoms with E-state index in [1.54, 1.807) is 0 Å². The van der Waals surface area contributed by atoms with E-state index in [1.807, 2.05) is 24.3 Å². The van der Waals surface area contributed by atoms with Crippen LogP contribution in [-0.4, -0.2) is 151 Å². The second-order valence-corrected chi connectivity index (χ2v) is 13.9. The maximum Gasteiger partial charge on any atom is 0.407 e. The normalized spacial score (nSPS) is 12.1. The number of carbonyl (C=O) groups excluding carboxylic acids is 2. The number of benzene rings is 2. The molecule has 334 valence electrons. The number of hydrogen-bond acceptors (Lipinski definition) is 13. The molecule has 0 saturated heterocycles. The average Bonchev–Trinajstić information content (AvgIpc) is 3.57. The van der Waals surface area contributed by atoms with Gasteiger partial charge in [-0.05, 0) is 35.1 Å². The number of ether oxygens (including phenoxy) is 11. The molecule has 14 heteroatoms. The van der Waals surface area contributed by atoms with Crippen LogP contribution in [0.4, 0.5) is 4.79 Å². The molecule has 59 heavy (non-hydrogen) atoms. The standard InChI is InChI=1S/C45H71NO13/c1-2-3-4-5-6-7-17-44(47)58-37-36-57-35-34-56-33-32-55-31-30-54-29-28-53-27-26-52-25-24-51-23-22-50-21-20-49-19-12-18-46-45(48)59-38-43-41-15-10-8-13-39(41)40-14-9-11-16-42(40)43/h8-11,13-16,43H,2-7,12,17-38H2,1H3,(H,46,48). The third-order valence-electron chi connectivity index (χ3n) is 9.28. The van der Waals surface area contributed by atoms with Gasteiger partial charge in [0.1, 0.15) is 13.2 Å². The van der Waals surface area contributed by atoms with Crippen LogP contribution in [0.2, 0.25) is 0 Å². The lowest BCUT2D eigenvalue weighted by Gasteiger charge is -2.14. The lowest BCUT2D eigenvalue weighted by molar-refractivity contribution is -0.145. The van der Waals surface area contributed by atoms with Gasteiger partial charge in [0.15, 0.2) is 0 Å². The predicted molar refractivity (Wildman–Crippen MR) is 224 cm³/mol. The van der Waals surface area contributed by atoms with Crippen LogP contribution in [0.15, 0.2) is 48.5 Å². The van der Waals surface area contributed by atoms with Crippen LogP contribution in [0.25, 0.3) is 11.1 Å². The summed E-state index contributed by atoms with van der Waals surface area (Å²) in [6, 6.07) is 16.6. The Morgan fingerprint density at radius 3 is 1.31 bits per heavy atom. The first-order chi connectivity index (χ1) is 29.2. The Morgan fingerprint density at radius 1 is 0.458 bits per heavy atom. The van der Waals surface area contributed by atoms with E-state index in [9.17, 15) is 9.59 Å². The molecule has 0 saturated carbocycles. The molecule has 0 atom stereocenters. The Balaban J connectivity index is 0.933. The van der Waals surface area contributed by atoms with Gasteiger partial charge < -0.3 is 57.4 Å². The van der Waals surface area contributed by atoms with Crippen LogP contribution in [-0.2, 0) is 56.9 Å². The van der Waals surface area contributed by atoms with Crippen molar-refractivity contribution in [3.63, 3.8) is 0 Å². The summed E-state index contributed by atoms with van der Waals surface area (Å²) in [7, 11) is 0. The summed E-state index contributed by atoms with van der Waals surface area (Å²) < 4.78 is 60.3. The minimum absolute atomic E-state index is 0.0470. The van der Waals surface area contributed by atoms with Crippen molar-refractivity contribution < 1.29 is 61.7 Å². The van der Waals surface area contributed by atoms with Crippen LogP contribution < -0.4 is 5.32 Å². The Morgan fingerprint density at radius 2 is 0.847 bits per heavy atom. The number of carbonyl (C=O) groups is 2. The fourth-order valence-corrected chi connectivity index (χ4v) is 6.21. The lowest BCUT2D eigenvalue weighted by atomic mass is 9.98. The summed E-state index contributed by atoms with van der Waals surface area (Å²) in [6.07, 6.45) is 7.66. The monoisotopic (exact) mass is 833 g/mol. The van der Waals surface area contributed by atoms with E-state index in [2.05, 4.69) is 36.5 Å². The van der Waals surface area contributed by atoms with Crippen molar-refractivity contribution in [3.05, 3.63) is 59.7 Å². The minimum atomic E-state index is -0.417. The number of unbranched alkanes of at least 4 members (excludes halogenated alkanes) is 5. The summed E-state index contributed by atoms with van der Waals surface area (Å²) in [5, 5.41) is 2.81.